The van der Waals surface area contributed by atoms with Crippen molar-refractivity contribution in [2.45, 2.75) is 44.7 Å². The van der Waals surface area contributed by atoms with Crippen LogP contribution in [0.3, 0.4) is 0 Å². The molecule has 1 rings (SSSR count). The van der Waals surface area contributed by atoms with E-state index in [1.165, 1.54) is 6.26 Å². The zero-order valence-corrected chi connectivity index (χ0v) is 20.0. The predicted molar refractivity (Wildman–Crippen MR) is 120 cm³/mol. The third-order valence-electron chi connectivity index (χ3n) is 4.30. The van der Waals surface area contributed by atoms with Crippen molar-refractivity contribution < 1.29 is 8.42 Å². The predicted octanol–water partition coefficient (Wildman–Crippen LogP) is 2.41. The lowest BCUT2D eigenvalue weighted by atomic mass is 10.0. The molecule has 0 saturated carbocycles. The van der Waals surface area contributed by atoms with Gasteiger partial charge < -0.3 is 15.5 Å². The highest BCUT2D eigenvalue weighted by Gasteiger charge is 2.20. The number of aryl methyl sites for hydroxylation is 1. The van der Waals surface area contributed by atoms with Gasteiger partial charge in [-0.1, -0.05) is 12.1 Å². The van der Waals surface area contributed by atoms with Crippen molar-refractivity contribution in [2.75, 3.05) is 33.4 Å². The van der Waals surface area contributed by atoms with Crippen LogP contribution in [0, 0.1) is 6.92 Å². The molecule has 0 bridgehead atoms. The monoisotopic (exact) mass is 496 g/mol. The molecule has 0 heterocycles. The average Bonchev–Trinajstić information content (AvgIpc) is 2.48. The number of guanidine groups is 1. The number of likely N-dealkylation sites (N-methyl/N-ethyl adjacent to an activating group) is 1. The topological polar surface area (TPSA) is 73.8 Å². The van der Waals surface area contributed by atoms with Crippen LogP contribution >= 0.6 is 24.0 Å². The molecule has 2 N–H and O–H groups in total. The van der Waals surface area contributed by atoms with Crippen LogP contribution in [-0.2, 0) is 16.4 Å². The summed E-state index contributed by atoms with van der Waals surface area (Å²) in [7, 11) is 0.918. The van der Waals surface area contributed by atoms with E-state index in [0.29, 0.717) is 11.4 Å². The lowest BCUT2D eigenvalue weighted by Crippen LogP contribution is -2.50. The summed E-state index contributed by atoms with van der Waals surface area (Å²) in [5, 5.41) is 6.60. The van der Waals surface area contributed by atoms with Crippen molar-refractivity contribution >= 4 is 39.8 Å². The van der Waals surface area contributed by atoms with Crippen LogP contribution in [0.2, 0.25) is 0 Å². The maximum Gasteiger partial charge on any atom is 0.191 e. The molecule has 0 saturated heterocycles. The minimum atomic E-state index is -3.19. The quantitative estimate of drug-likeness (QED) is 0.345. The van der Waals surface area contributed by atoms with Crippen LogP contribution in [0.1, 0.15) is 31.9 Å². The Morgan fingerprint density at radius 1 is 1.23 bits per heavy atom. The van der Waals surface area contributed by atoms with Crippen LogP contribution < -0.4 is 10.6 Å². The number of halogens is 1. The van der Waals surface area contributed by atoms with E-state index in [-0.39, 0.29) is 29.5 Å². The van der Waals surface area contributed by atoms with Crippen molar-refractivity contribution in [1.29, 1.82) is 0 Å². The van der Waals surface area contributed by atoms with Crippen LogP contribution in [0.4, 0.5) is 0 Å². The Hall–Kier alpha value is -0.870. The van der Waals surface area contributed by atoms with Gasteiger partial charge >= 0.3 is 0 Å². The van der Waals surface area contributed by atoms with Crippen molar-refractivity contribution in [1.82, 2.24) is 15.5 Å². The largest absolute Gasteiger partial charge is 0.357 e. The maximum absolute atomic E-state index is 11.7. The van der Waals surface area contributed by atoms with Crippen LogP contribution in [0.15, 0.2) is 28.1 Å². The van der Waals surface area contributed by atoms with Gasteiger partial charge in [-0.25, -0.2) is 13.4 Å². The van der Waals surface area contributed by atoms with E-state index in [1.807, 2.05) is 26.0 Å². The first-order valence-corrected chi connectivity index (χ1v) is 10.4. The SMILES string of the molecule is CCNC(=NCc1ccc(S(C)(=O)=O)c(C)c1)NCC(C)(C)N(C)C.I. The molecular weight excluding hydrogens is 463 g/mol. The van der Waals surface area contributed by atoms with E-state index in [0.717, 1.165) is 30.2 Å². The minimum Gasteiger partial charge on any atom is -0.357 e. The van der Waals surface area contributed by atoms with E-state index < -0.39 is 9.84 Å². The molecule has 0 radical (unpaired) electrons. The Morgan fingerprint density at radius 3 is 2.31 bits per heavy atom. The second-order valence-electron chi connectivity index (χ2n) is 7.13. The van der Waals surface area contributed by atoms with Crippen LogP contribution in [-0.4, -0.2) is 58.3 Å². The fraction of sp³-hybridized carbons (Fsp3) is 0.611. The zero-order chi connectivity index (χ0) is 19.3. The summed E-state index contributed by atoms with van der Waals surface area (Å²) in [4.78, 5) is 7.14. The first kappa shape index (κ1) is 25.1. The highest BCUT2D eigenvalue weighted by molar-refractivity contribution is 14.0. The van der Waals surface area contributed by atoms with Gasteiger partial charge in [-0.05, 0) is 59.0 Å². The number of hydrogen-bond donors (Lipinski definition) is 2. The number of benzene rings is 1. The third kappa shape index (κ3) is 7.79. The summed E-state index contributed by atoms with van der Waals surface area (Å²) >= 11 is 0. The first-order chi connectivity index (χ1) is 11.5. The Bertz CT molecular complexity index is 716. The van der Waals surface area contributed by atoms with Crippen LogP contribution in [0.25, 0.3) is 0 Å². The second-order valence-corrected chi connectivity index (χ2v) is 9.11. The summed E-state index contributed by atoms with van der Waals surface area (Å²) in [6, 6.07) is 5.36. The molecule has 0 aliphatic carbocycles. The molecule has 8 heteroatoms. The Morgan fingerprint density at radius 2 is 1.85 bits per heavy atom. The molecule has 150 valence electrons. The molecule has 1 aromatic carbocycles. The van der Waals surface area contributed by atoms with Gasteiger partial charge in [0.2, 0.25) is 0 Å². The van der Waals surface area contributed by atoms with E-state index in [1.54, 1.807) is 6.07 Å². The molecule has 0 aliphatic rings. The zero-order valence-electron chi connectivity index (χ0n) is 16.9. The molecule has 0 aromatic heterocycles. The van der Waals surface area contributed by atoms with E-state index in [9.17, 15) is 8.42 Å². The van der Waals surface area contributed by atoms with Crippen LogP contribution in [0.5, 0.6) is 0 Å². The summed E-state index contributed by atoms with van der Waals surface area (Å²) in [6.45, 7) is 10.2. The molecule has 0 spiro atoms. The highest BCUT2D eigenvalue weighted by atomic mass is 127. The standard InChI is InChI=1S/C18H32N4O2S.HI/c1-8-19-17(21-13-18(3,4)22(5)6)20-12-15-9-10-16(14(2)11-15)25(7,23)24;/h9-11H,8,12-13H2,1-7H3,(H2,19,20,21);1H. The first-order valence-electron chi connectivity index (χ1n) is 8.46. The second kappa shape index (κ2) is 10.5. The van der Waals surface area contributed by atoms with Gasteiger partial charge in [0.25, 0.3) is 0 Å². The van der Waals surface area contributed by atoms with Gasteiger partial charge in [0.05, 0.1) is 11.4 Å². The van der Waals surface area contributed by atoms with Gasteiger partial charge in [-0.3, -0.25) is 0 Å². The number of nitrogens with zero attached hydrogens (tertiary/aromatic N) is 2. The molecule has 0 atom stereocenters. The van der Waals surface area contributed by atoms with E-state index >= 15 is 0 Å². The smallest absolute Gasteiger partial charge is 0.191 e. The lowest BCUT2D eigenvalue weighted by Gasteiger charge is -2.33. The number of nitrogens with one attached hydrogen (secondary N) is 2. The molecule has 1 aromatic rings. The highest BCUT2D eigenvalue weighted by Crippen LogP contribution is 2.17. The van der Waals surface area contributed by atoms with Gasteiger partial charge in [0, 0.05) is 24.9 Å². The maximum atomic E-state index is 11.7. The summed E-state index contributed by atoms with van der Waals surface area (Å²) < 4.78 is 23.4. The number of sulfone groups is 1. The van der Waals surface area contributed by atoms with Gasteiger partial charge in [0.1, 0.15) is 0 Å². The molecule has 0 unspecified atom stereocenters. The van der Waals surface area contributed by atoms with Gasteiger partial charge in [-0.15, -0.1) is 24.0 Å². The molecule has 26 heavy (non-hydrogen) atoms. The normalized spacial score (nSPS) is 12.7. The van der Waals surface area contributed by atoms with E-state index in [4.69, 9.17) is 0 Å². The van der Waals surface area contributed by atoms with Crippen molar-refractivity contribution in [3.63, 3.8) is 0 Å². The fourth-order valence-corrected chi connectivity index (χ4v) is 3.16. The molecular formula is C18H33IN4O2S. The van der Waals surface area contributed by atoms with Crippen molar-refractivity contribution in [3.05, 3.63) is 29.3 Å². The number of aliphatic imine (C=N–C) groups is 1. The summed E-state index contributed by atoms with van der Waals surface area (Å²) in [5.74, 6) is 0.752. The number of rotatable bonds is 7. The average molecular weight is 496 g/mol. The summed E-state index contributed by atoms with van der Waals surface area (Å²) in [6.07, 6.45) is 1.23. The molecule has 0 aliphatic heterocycles. The van der Waals surface area contributed by atoms with E-state index in [2.05, 4.69) is 48.5 Å². The molecule has 0 fully saturated rings. The van der Waals surface area contributed by atoms with Crippen molar-refractivity contribution in [2.24, 2.45) is 4.99 Å². The third-order valence-corrected chi connectivity index (χ3v) is 5.56. The van der Waals surface area contributed by atoms with Gasteiger partial charge in [-0.2, -0.15) is 0 Å². The lowest BCUT2D eigenvalue weighted by molar-refractivity contribution is 0.197. The van der Waals surface area contributed by atoms with Crippen molar-refractivity contribution in [3.8, 4) is 0 Å². The Balaban J connectivity index is 0.00000625. The molecule has 0 amide bonds. The summed E-state index contributed by atoms with van der Waals surface area (Å²) in [5.41, 5.74) is 1.74. The minimum absolute atomic E-state index is 0. The Kier molecular flexibility index (Phi) is 10.1. The molecule has 6 nitrogen and oxygen atoms in total. The van der Waals surface area contributed by atoms with Gasteiger partial charge in [0.15, 0.2) is 15.8 Å². The fourth-order valence-electron chi connectivity index (χ4n) is 2.20. The number of hydrogen-bond acceptors (Lipinski definition) is 4. The Labute approximate surface area is 175 Å².